The summed E-state index contributed by atoms with van der Waals surface area (Å²) < 4.78 is 5.79. The molecule has 0 bridgehead atoms. The van der Waals surface area contributed by atoms with Crippen molar-refractivity contribution in [3.8, 4) is 5.75 Å². The second-order valence-electron chi connectivity index (χ2n) is 8.12. The van der Waals surface area contributed by atoms with Gasteiger partial charge in [-0.15, -0.1) is 0 Å². The van der Waals surface area contributed by atoms with Crippen molar-refractivity contribution < 1.29 is 19.1 Å². The van der Waals surface area contributed by atoms with Crippen LogP contribution in [0.2, 0.25) is 0 Å². The lowest BCUT2D eigenvalue weighted by Crippen LogP contribution is -2.50. The highest BCUT2D eigenvalue weighted by Gasteiger charge is 2.31. The van der Waals surface area contributed by atoms with Gasteiger partial charge in [0.1, 0.15) is 5.75 Å². The number of hydrogen-bond acceptors (Lipinski definition) is 5. The first-order chi connectivity index (χ1) is 15.5. The molecule has 1 fully saturated rings. The normalized spacial score (nSPS) is 17.8. The van der Waals surface area contributed by atoms with Crippen LogP contribution in [0.4, 0.5) is 11.4 Å². The monoisotopic (exact) mass is 436 g/mol. The van der Waals surface area contributed by atoms with Gasteiger partial charge in [-0.25, -0.2) is 0 Å². The molecule has 1 unspecified atom stereocenters. The van der Waals surface area contributed by atoms with Gasteiger partial charge in [-0.3, -0.25) is 14.4 Å². The molecule has 1 atom stereocenters. The topological polar surface area (TPSA) is 99.8 Å². The highest BCUT2D eigenvalue weighted by molar-refractivity contribution is 6.04. The lowest BCUT2D eigenvalue weighted by atomic mass is 10.1. The van der Waals surface area contributed by atoms with E-state index >= 15 is 0 Å². The predicted octanol–water partition coefficient (Wildman–Crippen LogP) is 2.31. The van der Waals surface area contributed by atoms with Gasteiger partial charge in [0, 0.05) is 13.1 Å². The highest BCUT2D eigenvalue weighted by Crippen LogP contribution is 2.33. The molecule has 0 spiro atoms. The maximum atomic E-state index is 12.9. The van der Waals surface area contributed by atoms with Gasteiger partial charge in [-0.2, -0.15) is 0 Å². The minimum atomic E-state index is -0.716. The summed E-state index contributed by atoms with van der Waals surface area (Å²) in [6.07, 6.45) is 3.52. The van der Waals surface area contributed by atoms with Crippen molar-refractivity contribution in [3.05, 3.63) is 54.1 Å². The molecule has 168 valence electrons. The van der Waals surface area contributed by atoms with Crippen LogP contribution in [-0.2, 0) is 9.59 Å². The van der Waals surface area contributed by atoms with E-state index in [4.69, 9.17) is 4.74 Å². The van der Waals surface area contributed by atoms with Crippen molar-refractivity contribution >= 4 is 29.1 Å². The van der Waals surface area contributed by atoms with Crippen LogP contribution < -0.4 is 25.6 Å². The molecule has 1 aliphatic heterocycles. The van der Waals surface area contributed by atoms with Gasteiger partial charge in [0.2, 0.25) is 5.91 Å². The first-order valence-corrected chi connectivity index (χ1v) is 11.0. The van der Waals surface area contributed by atoms with E-state index in [9.17, 15) is 14.4 Å². The first kappa shape index (κ1) is 21.7. The summed E-state index contributed by atoms with van der Waals surface area (Å²) in [5.41, 5.74) is 1.66. The molecule has 4 rings (SSSR count). The number of likely N-dealkylation sites (N-methyl/N-ethyl adjacent to an activating group) is 1. The zero-order valence-corrected chi connectivity index (χ0v) is 18.1. The van der Waals surface area contributed by atoms with Crippen molar-refractivity contribution in [3.63, 3.8) is 0 Å². The van der Waals surface area contributed by atoms with E-state index in [-0.39, 0.29) is 36.9 Å². The summed E-state index contributed by atoms with van der Waals surface area (Å²) in [5.74, 6) is -0.155. The Morgan fingerprint density at radius 3 is 2.53 bits per heavy atom. The first-order valence-electron chi connectivity index (χ1n) is 11.0. The number of anilines is 2. The second kappa shape index (κ2) is 9.72. The maximum absolute atomic E-state index is 12.9. The van der Waals surface area contributed by atoms with Crippen LogP contribution in [0.15, 0.2) is 48.5 Å². The number of amides is 3. The number of rotatable bonds is 6. The van der Waals surface area contributed by atoms with E-state index in [1.54, 1.807) is 37.4 Å². The third kappa shape index (κ3) is 4.85. The Labute approximate surface area is 187 Å². The minimum Gasteiger partial charge on any atom is -0.477 e. The number of fused-ring (bicyclic) bond motifs is 1. The zero-order chi connectivity index (χ0) is 22.5. The van der Waals surface area contributed by atoms with Crippen molar-refractivity contribution in [2.24, 2.45) is 0 Å². The fourth-order valence-corrected chi connectivity index (χ4v) is 4.24. The van der Waals surface area contributed by atoms with Crippen molar-refractivity contribution in [1.29, 1.82) is 0 Å². The van der Waals surface area contributed by atoms with Gasteiger partial charge in [0.15, 0.2) is 6.10 Å². The summed E-state index contributed by atoms with van der Waals surface area (Å²) in [4.78, 5) is 39.7. The number of carbonyl (C=O) groups is 3. The van der Waals surface area contributed by atoms with E-state index in [2.05, 4.69) is 16.0 Å². The van der Waals surface area contributed by atoms with Gasteiger partial charge in [-0.1, -0.05) is 37.1 Å². The third-order valence-electron chi connectivity index (χ3n) is 5.87. The van der Waals surface area contributed by atoms with Crippen LogP contribution in [0.1, 0.15) is 36.0 Å². The molecular formula is C24H28N4O4. The molecule has 0 aromatic heterocycles. The van der Waals surface area contributed by atoms with Gasteiger partial charge in [-0.05, 0) is 37.1 Å². The molecule has 2 aromatic carbocycles. The number of benzene rings is 2. The summed E-state index contributed by atoms with van der Waals surface area (Å²) in [5, 5.41) is 8.53. The van der Waals surface area contributed by atoms with Crippen LogP contribution in [0.25, 0.3) is 0 Å². The van der Waals surface area contributed by atoms with Crippen LogP contribution in [0.5, 0.6) is 5.75 Å². The predicted molar refractivity (Wildman–Crippen MR) is 122 cm³/mol. The number of nitrogens with zero attached hydrogens (tertiary/aromatic N) is 1. The average Bonchev–Trinajstić information content (AvgIpc) is 3.31. The summed E-state index contributed by atoms with van der Waals surface area (Å²) in [7, 11) is 1.55. The van der Waals surface area contributed by atoms with Crippen LogP contribution in [0.3, 0.4) is 0 Å². The van der Waals surface area contributed by atoms with Gasteiger partial charge >= 0.3 is 0 Å². The van der Waals surface area contributed by atoms with E-state index in [1.807, 2.05) is 23.1 Å². The number of hydrogen-bond donors (Lipinski definition) is 3. The fourth-order valence-electron chi connectivity index (χ4n) is 4.24. The number of carbonyl (C=O) groups excluding carboxylic acids is 3. The van der Waals surface area contributed by atoms with Crippen molar-refractivity contribution in [1.82, 2.24) is 10.6 Å². The molecule has 0 radical (unpaired) electrons. The summed E-state index contributed by atoms with van der Waals surface area (Å²) in [6.45, 7) is 0.264. The number of ether oxygens (including phenoxy) is 1. The van der Waals surface area contributed by atoms with Gasteiger partial charge in [0.25, 0.3) is 11.8 Å². The number of nitrogens with one attached hydrogen (secondary N) is 3. The SMILES string of the molecule is CNC(=O)C1CN(CC(=O)Nc2ccccc2C(=O)NC2CCCC2)c2ccccc2O1. The molecule has 1 saturated carbocycles. The lowest BCUT2D eigenvalue weighted by Gasteiger charge is -2.35. The second-order valence-corrected chi connectivity index (χ2v) is 8.12. The van der Waals surface area contributed by atoms with E-state index in [0.717, 1.165) is 31.4 Å². The molecule has 8 heteroatoms. The Morgan fingerprint density at radius 2 is 1.75 bits per heavy atom. The molecule has 1 heterocycles. The molecule has 3 amide bonds. The molecule has 32 heavy (non-hydrogen) atoms. The Hall–Kier alpha value is -3.55. The van der Waals surface area contributed by atoms with E-state index in [0.29, 0.717) is 17.0 Å². The van der Waals surface area contributed by atoms with E-state index < -0.39 is 6.10 Å². The standard InChI is InChI=1S/C24H28N4O4/c1-25-24(31)21-14-28(19-12-6-7-13-20(19)32-21)15-22(29)27-18-11-5-4-10-17(18)23(30)26-16-8-2-3-9-16/h4-7,10-13,16,21H,2-3,8-9,14-15H2,1H3,(H,25,31)(H,26,30)(H,27,29). The Bertz CT molecular complexity index is 1000. The lowest BCUT2D eigenvalue weighted by molar-refractivity contribution is -0.127. The average molecular weight is 437 g/mol. The number of para-hydroxylation sites is 3. The zero-order valence-electron chi connectivity index (χ0n) is 18.1. The smallest absolute Gasteiger partial charge is 0.262 e. The van der Waals surface area contributed by atoms with Gasteiger partial charge < -0.3 is 25.6 Å². The van der Waals surface area contributed by atoms with Crippen LogP contribution in [-0.4, -0.2) is 50.0 Å². The minimum absolute atomic E-state index is 0.0203. The Kier molecular flexibility index (Phi) is 6.58. The third-order valence-corrected chi connectivity index (χ3v) is 5.87. The molecule has 3 N–H and O–H groups in total. The molecule has 2 aliphatic rings. The maximum Gasteiger partial charge on any atom is 0.262 e. The molecule has 1 aliphatic carbocycles. The van der Waals surface area contributed by atoms with Crippen molar-refractivity contribution in [2.75, 3.05) is 30.4 Å². The molecular weight excluding hydrogens is 408 g/mol. The largest absolute Gasteiger partial charge is 0.477 e. The molecule has 2 aromatic rings. The van der Waals surface area contributed by atoms with Crippen LogP contribution >= 0.6 is 0 Å². The molecule has 0 saturated heterocycles. The summed E-state index contributed by atoms with van der Waals surface area (Å²) in [6, 6.07) is 14.5. The Balaban J connectivity index is 1.47. The quantitative estimate of drug-likeness (QED) is 0.645. The van der Waals surface area contributed by atoms with Crippen molar-refractivity contribution in [2.45, 2.75) is 37.8 Å². The molecule has 8 nitrogen and oxygen atoms in total. The van der Waals surface area contributed by atoms with Gasteiger partial charge in [0.05, 0.1) is 30.0 Å². The van der Waals surface area contributed by atoms with Crippen LogP contribution in [0, 0.1) is 0 Å². The summed E-state index contributed by atoms with van der Waals surface area (Å²) >= 11 is 0. The highest BCUT2D eigenvalue weighted by atomic mass is 16.5. The van der Waals surface area contributed by atoms with E-state index in [1.165, 1.54) is 0 Å². The Morgan fingerprint density at radius 1 is 1.03 bits per heavy atom. The fraction of sp³-hybridized carbons (Fsp3) is 0.375.